The number of amides is 1. The molecule has 1 rings (SSSR count). The first kappa shape index (κ1) is 16.4. The second-order valence-corrected chi connectivity index (χ2v) is 5.13. The van der Waals surface area contributed by atoms with Crippen LogP contribution in [0.4, 0.5) is 0 Å². The molecule has 1 aliphatic heterocycles. The summed E-state index contributed by atoms with van der Waals surface area (Å²) in [4.78, 5) is 12.0. The predicted octanol–water partition coefficient (Wildman–Crippen LogP) is 0.670. The number of hydrogen-bond donors (Lipinski definition) is 3. The Morgan fingerprint density at radius 1 is 1.21 bits per heavy atom. The summed E-state index contributed by atoms with van der Waals surface area (Å²) in [5, 5.41) is 15.0. The summed E-state index contributed by atoms with van der Waals surface area (Å²) in [5.41, 5.74) is 0. The van der Waals surface area contributed by atoms with Gasteiger partial charge in [0.1, 0.15) is 0 Å². The Hall–Kier alpha value is -0.650. The van der Waals surface area contributed by atoms with E-state index >= 15 is 0 Å². The molecule has 19 heavy (non-hydrogen) atoms. The Bertz CT molecular complexity index is 249. The van der Waals surface area contributed by atoms with Crippen LogP contribution in [0.25, 0.3) is 0 Å². The van der Waals surface area contributed by atoms with Crippen molar-refractivity contribution >= 4 is 5.91 Å². The lowest BCUT2D eigenvalue weighted by molar-refractivity contribution is -0.125. The van der Waals surface area contributed by atoms with Crippen molar-refractivity contribution < 1.29 is 14.6 Å². The minimum atomic E-state index is -0.0519. The Balaban J connectivity index is 2.13. The van der Waals surface area contributed by atoms with Gasteiger partial charge in [0.2, 0.25) is 5.91 Å². The van der Waals surface area contributed by atoms with E-state index in [9.17, 15) is 4.79 Å². The van der Waals surface area contributed by atoms with Gasteiger partial charge in [-0.25, -0.2) is 0 Å². The molecule has 3 N–H and O–H groups in total. The Labute approximate surface area is 116 Å². The van der Waals surface area contributed by atoms with Crippen molar-refractivity contribution in [3.63, 3.8) is 0 Å². The molecule has 2 atom stereocenters. The molecule has 1 aliphatic rings. The molecule has 0 aliphatic carbocycles. The normalized spacial score (nSPS) is 22.6. The summed E-state index contributed by atoms with van der Waals surface area (Å²) in [6.45, 7) is 5.19. The number of aliphatic hydroxyl groups is 1. The van der Waals surface area contributed by atoms with E-state index in [-0.39, 0.29) is 24.5 Å². The van der Waals surface area contributed by atoms with E-state index in [4.69, 9.17) is 9.84 Å². The minimum Gasteiger partial charge on any atom is -0.396 e. The van der Waals surface area contributed by atoms with Crippen LogP contribution in [0.3, 0.4) is 0 Å². The van der Waals surface area contributed by atoms with Crippen molar-refractivity contribution in [3.8, 4) is 0 Å². The lowest BCUT2D eigenvalue weighted by Crippen LogP contribution is -2.44. The van der Waals surface area contributed by atoms with Crippen LogP contribution in [0.1, 0.15) is 39.0 Å². The predicted molar refractivity (Wildman–Crippen MR) is 75.0 cm³/mol. The average molecular weight is 272 g/mol. The number of hydrogen-bond acceptors (Lipinski definition) is 4. The molecule has 112 valence electrons. The monoisotopic (exact) mass is 272 g/mol. The maximum absolute atomic E-state index is 12.0. The van der Waals surface area contributed by atoms with Gasteiger partial charge in [-0.3, -0.25) is 4.79 Å². The summed E-state index contributed by atoms with van der Waals surface area (Å²) in [6, 6.07) is 0.161. The van der Waals surface area contributed by atoms with Crippen molar-refractivity contribution in [1.29, 1.82) is 0 Å². The maximum Gasteiger partial charge on any atom is 0.227 e. The lowest BCUT2D eigenvalue weighted by Gasteiger charge is -2.18. The van der Waals surface area contributed by atoms with Crippen LogP contribution >= 0.6 is 0 Å². The van der Waals surface area contributed by atoms with Gasteiger partial charge in [-0.05, 0) is 25.8 Å². The highest BCUT2D eigenvalue weighted by Gasteiger charge is 2.33. The zero-order valence-electron chi connectivity index (χ0n) is 12.0. The number of carbonyl (C=O) groups is 1. The van der Waals surface area contributed by atoms with E-state index in [2.05, 4.69) is 17.6 Å². The first-order chi connectivity index (χ1) is 9.29. The smallest absolute Gasteiger partial charge is 0.227 e. The number of ether oxygens (including phenoxy) is 1. The molecule has 2 unspecified atom stereocenters. The standard InChI is InChI=1S/C14H28N2O3/c1-2-7-15-13-11-19-10-12(13)14(18)16-8-5-3-4-6-9-17/h12-13,15,17H,2-11H2,1H3,(H,16,18). The van der Waals surface area contributed by atoms with Crippen molar-refractivity contribution in [2.75, 3.05) is 32.9 Å². The molecule has 0 spiro atoms. The highest BCUT2D eigenvalue weighted by Crippen LogP contribution is 2.14. The fraction of sp³-hybridized carbons (Fsp3) is 0.929. The van der Waals surface area contributed by atoms with Crippen molar-refractivity contribution in [2.45, 2.75) is 45.1 Å². The van der Waals surface area contributed by atoms with Gasteiger partial charge in [0.15, 0.2) is 0 Å². The number of carbonyl (C=O) groups excluding carboxylic acids is 1. The van der Waals surface area contributed by atoms with Crippen LogP contribution in [0.5, 0.6) is 0 Å². The Morgan fingerprint density at radius 2 is 2.00 bits per heavy atom. The molecule has 0 bridgehead atoms. The van der Waals surface area contributed by atoms with Crippen LogP contribution in [-0.4, -0.2) is 50.0 Å². The molecule has 0 aromatic heterocycles. The van der Waals surface area contributed by atoms with Gasteiger partial charge in [0.25, 0.3) is 0 Å². The van der Waals surface area contributed by atoms with Crippen molar-refractivity contribution in [3.05, 3.63) is 0 Å². The summed E-state index contributed by atoms with van der Waals surface area (Å²) < 4.78 is 5.40. The molecule has 0 aromatic rings. The first-order valence-electron chi connectivity index (χ1n) is 7.49. The van der Waals surface area contributed by atoms with Gasteiger partial charge in [-0.1, -0.05) is 19.8 Å². The van der Waals surface area contributed by atoms with Crippen molar-refractivity contribution in [1.82, 2.24) is 10.6 Å². The zero-order chi connectivity index (χ0) is 13.9. The SMILES string of the molecule is CCCNC1COCC1C(=O)NCCCCCCO. The quantitative estimate of drug-likeness (QED) is 0.511. The fourth-order valence-electron chi connectivity index (χ4n) is 2.28. The number of unbranched alkanes of at least 4 members (excludes halogenated alkanes) is 3. The minimum absolute atomic E-state index is 0.0519. The van der Waals surface area contributed by atoms with Crippen LogP contribution in [0.15, 0.2) is 0 Å². The highest BCUT2D eigenvalue weighted by atomic mass is 16.5. The molecule has 0 saturated carbocycles. The van der Waals surface area contributed by atoms with Gasteiger partial charge in [-0.15, -0.1) is 0 Å². The van der Waals surface area contributed by atoms with E-state index in [1.54, 1.807) is 0 Å². The van der Waals surface area contributed by atoms with Crippen LogP contribution < -0.4 is 10.6 Å². The molecule has 1 saturated heterocycles. The third-order valence-corrected chi connectivity index (χ3v) is 3.46. The molecular weight excluding hydrogens is 244 g/mol. The Morgan fingerprint density at radius 3 is 2.74 bits per heavy atom. The number of aliphatic hydroxyl groups excluding tert-OH is 1. The second-order valence-electron chi connectivity index (χ2n) is 5.13. The van der Waals surface area contributed by atoms with E-state index in [0.29, 0.717) is 13.2 Å². The van der Waals surface area contributed by atoms with Crippen LogP contribution in [0, 0.1) is 5.92 Å². The van der Waals surface area contributed by atoms with Crippen LogP contribution in [0.2, 0.25) is 0 Å². The summed E-state index contributed by atoms with van der Waals surface area (Å²) in [6.07, 6.45) is 4.98. The second kappa shape index (κ2) is 10.2. The molecule has 5 heteroatoms. The van der Waals surface area contributed by atoms with E-state index in [0.717, 1.165) is 45.2 Å². The van der Waals surface area contributed by atoms with E-state index in [1.165, 1.54) is 0 Å². The fourth-order valence-corrected chi connectivity index (χ4v) is 2.28. The molecule has 1 fully saturated rings. The topological polar surface area (TPSA) is 70.6 Å². The largest absolute Gasteiger partial charge is 0.396 e. The van der Waals surface area contributed by atoms with Crippen molar-refractivity contribution in [2.24, 2.45) is 5.92 Å². The molecule has 1 heterocycles. The van der Waals surface area contributed by atoms with Gasteiger partial charge < -0.3 is 20.5 Å². The summed E-state index contributed by atoms with van der Waals surface area (Å²) >= 11 is 0. The van der Waals surface area contributed by atoms with Gasteiger partial charge in [0.05, 0.1) is 19.1 Å². The first-order valence-corrected chi connectivity index (χ1v) is 7.49. The van der Waals surface area contributed by atoms with E-state index in [1.807, 2.05) is 0 Å². The van der Waals surface area contributed by atoms with Crippen LogP contribution in [-0.2, 0) is 9.53 Å². The maximum atomic E-state index is 12.0. The average Bonchev–Trinajstić information content (AvgIpc) is 2.88. The summed E-state index contributed by atoms with van der Waals surface area (Å²) in [5.74, 6) is 0.0530. The molecule has 0 aromatic carbocycles. The third-order valence-electron chi connectivity index (χ3n) is 3.46. The molecule has 5 nitrogen and oxygen atoms in total. The van der Waals surface area contributed by atoms with E-state index < -0.39 is 0 Å². The van der Waals surface area contributed by atoms with Gasteiger partial charge >= 0.3 is 0 Å². The molecule has 0 radical (unpaired) electrons. The van der Waals surface area contributed by atoms with Gasteiger partial charge in [0, 0.05) is 19.2 Å². The lowest BCUT2D eigenvalue weighted by atomic mass is 10.0. The Kier molecular flexibility index (Phi) is 8.79. The zero-order valence-corrected chi connectivity index (χ0v) is 12.0. The summed E-state index contributed by atoms with van der Waals surface area (Å²) in [7, 11) is 0. The molecule has 1 amide bonds. The number of nitrogens with one attached hydrogen (secondary N) is 2. The third kappa shape index (κ3) is 6.36. The molecular formula is C14H28N2O3. The number of rotatable bonds is 10. The van der Waals surface area contributed by atoms with Gasteiger partial charge in [-0.2, -0.15) is 0 Å². The highest BCUT2D eigenvalue weighted by molar-refractivity contribution is 5.79.